The molecule has 0 amide bonds. The van der Waals surface area contributed by atoms with E-state index in [0.29, 0.717) is 0 Å². The van der Waals surface area contributed by atoms with E-state index in [9.17, 15) is 5.11 Å². The Kier molecular flexibility index (Phi) is 13.1. The molecule has 12 nitrogen and oxygen atoms in total. The van der Waals surface area contributed by atoms with Crippen LogP contribution in [0.5, 0.6) is 11.5 Å². The van der Waals surface area contributed by atoms with Gasteiger partial charge in [0.05, 0.1) is 10.6 Å². The van der Waals surface area contributed by atoms with E-state index >= 15 is 0 Å². The van der Waals surface area contributed by atoms with Gasteiger partial charge in [-0.1, -0.05) is 42.3 Å². The fraction of sp³-hybridized carbons (Fsp3) is 0.419. The molecule has 3 heterocycles. The third-order valence-corrected chi connectivity index (χ3v) is 10.9. The maximum Gasteiger partial charge on any atom is 0.414 e. The van der Waals surface area contributed by atoms with E-state index < -0.39 is 33.6 Å². The number of benzene rings is 2. The summed E-state index contributed by atoms with van der Waals surface area (Å²) < 4.78 is 5.81. The Balaban J connectivity index is 0.000000392. The minimum absolute atomic E-state index is 0.399. The lowest BCUT2D eigenvalue weighted by molar-refractivity contribution is -0.159. The number of fused-ring (bicyclic) bond motifs is 2. The predicted molar refractivity (Wildman–Crippen MR) is 170 cm³/mol. The largest absolute Gasteiger partial charge is 0.473 e. The molecule has 45 heavy (non-hydrogen) atoms. The maximum atomic E-state index is 12.7. The molecular weight excluding hydrogens is 624 g/mol. The smallest absolute Gasteiger partial charge is 0.414 e. The molecule has 14 heteroatoms. The molecule has 0 atom stereocenters. The molecular formula is C31H36N2O10S2. The Morgan fingerprint density at radius 1 is 0.778 bits per heavy atom. The Hall–Kier alpha value is -3.74. The van der Waals surface area contributed by atoms with Crippen molar-refractivity contribution >= 4 is 47.4 Å². The van der Waals surface area contributed by atoms with Crippen molar-refractivity contribution in [2.75, 3.05) is 51.3 Å². The van der Waals surface area contributed by atoms with Crippen molar-refractivity contribution in [2.45, 2.75) is 28.9 Å². The van der Waals surface area contributed by atoms with Crippen molar-refractivity contribution in [3.05, 3.63) is 59.7 Å². The number of hydrogen-bond donors (Lipinski definition) is 5. The molecule has 5 rings (SSSR count). The Morgan fingerprint density at radius 3 is 1.71 bits per heavy atom. The molecule has 0 spiro atoms. The second kappa shape index (κ2) is 16.5. The number of rotatable bonds is 4. The zero-order valence-corrected chi connectivity index (χ0v) is 26.3. The first-order valence-electron chi connectivity index (χ1n) is 14.1. The van der Waals surface area contributed by atoms with Gasteiger partial charge in [-0.25, -0.2) is 19.2 Å². The van der Waals surface area contributed by atoms with Crippen LogP contribution in [-0.2, 0) is 24.8 Å². The molecule has 0 radical (unpaired) electrons. The van der Waals surface area contributed by atoms with Crippen LogP contribution >= 0.6 is 23.5 Å². The highest BCUT2D eigenvalue weighted by atomic mass is 32.2. The number of nitrogens with zero attached hydrogens (tertiary/aromatic N) is 2. The van der Waals surface area contributed by atoms with Gasteiger partial charge in [-0.2, -0.15) is 0 Å². The number of aliphatic hydroxyl groups is 1. The molecule has 0 aromatic heterocycles. The van der Waals surface area contributed by atoms with E-state index in [-0.39, 0.29) is 0 Å². The van der Waals surface area contributed by atoms with Crippen molar-refractivity contribution < 1.29 is 49.4 Å². The predicted octanol–water partition coefficient (Wildman–Crippen LogP) is 2.94. The Morgan fingerprint density at radius 2 is 1.24 bits per heavy atom. The average Bonchev–Trinajstić information content (AvgIpc) is 3.03. The van der Waals surface area contributed by atoms with Crippen LogP contribution in [0, 0.1) is 11.8 Å². The number of carboxylic acid groups (broad SMARTS) is 4. The monoisotopic (exact) mass is 660 g/mol. The third kappa shape index (κ3) is 9.15. The number of ether oxygens (including phenoxy) is 1. The zero-order chi connectivity index (χ0) is 33.0. The number of carbonyl (C=O) groups is 4. The van der Waals surface area contributed by atoms with Crippen molar-refractivity contribution in [1.82, 2.24) is 9.80 Å². The van der Waals surface area contributed by atoms with Gasteiger partial charge >= 0.3 is 23.9 Å². The first-order valence-corrected chi connectivity index (χ1v) is 16.0. The van der Waals surface area contributed by atoms with Gasteiger partial charge in [-0.3, -0.25) is 4.90 Å². The summed E-state index contributed by atoms with van der Waals surface area (Å²) in [6.45, 7) is 5.26. The van der Waals surface area contributed by atoms with Crippen molar-refractivity contribution in [1.29, 1.82) is 0 Å². The van der Waals surface area contributed by atoms with Gasteiger partial charge in [0.25, 0.3) is 0 Å². The summed E-state index contributed by atoms with van der Waals surface area (Å²) in [5, 5.41) is 42.2. The van der Waals surface area contributed by atoms with Gasteiger partial charge in [0, 0.05) is 43.7 Å². The van der Waals surface area contributed by atoms with Crippen LogP contribution in [0.1, 0.15) is 30.4 Å². The molecule has 2 saturated heterocycles. The molecule has 0 bridgehead atoms. The van der Waals surface area contributed by atoms with Crippen LogP contribution in [0.4, 0.5) is 0 Å². The second-order valence-electron chi connectivity index (χ2n) is 10.3. The maximum absolute atomic E-state index is 12.7. The average molecular weight is 661 g/mol. The highest BCUT2D eigenvalue weighted by molar-refractivity contribution is 8.18. The number of piperazine rings is 1. The first kappa shape index (κ1) is 35.7. The highest BCUT2D eigenvalue weighted by Crippen LogP contribution is 2.62. The topological polar surface area (TPSA) is 185 Å². The molecule has 0 saturated carbocycles. The number of hydrogen-bond acceptors (Lipinski definition) is 10. The molecule has 0 aliphatic carbocycles. The summed E-state index contributed by atoms with van der Waals surface area (Å²) in [4.78, 5) is 41.2. The number of likely N-dealkylation sites (N-methyl/N-ethyl adjacent to an activating group) is 1. The molecule has 242 valence electrons. The summed E-state index contributed by atoms with van der Waals surface area (Å²) in [5.74, 6) is 3.18. The Bertz CT molecular complexity index is 1330. The van der Waals surface area contributed by atoms with E-state index in [0.717, 1.165) is 79.7 Å². The van der Waals surface area contributed by atoms with E-state index in [1.54, 1.807) is 0 Å². The second-order valence-corrected chi connectivity index (χ2v) is 13.3. The summed E-state index contributed by atoms with van der Waals surface area (Å²) in [6, 6.07) is 16.0. The number of thioether (sulfide) groups is 2. The van der Waals surface area contributed by atoms with Gasteiger partial charge in [-0.05, 0) is 43.5 Å². The SMILES string of the molecule is CN1CCN(CC#CCCC2(C3(O)c4ccccc4Oc4ccccc43)SCCCS2)CC1.O=C(O)C(=O)O.O=C(O)C(=O)O. The fourth-order valence-corrected chi connectivity index (χ4v) is 8.58. The van der Waals surface area contributed by atoms with Gasteiger partial charge in [0.2, 0.25) is 0 Å². The molecule has 5 N–H and O–H groups in total. The van der Waals surface area contributed by atoms with Gasteiger partial charge in [0.15, 0.2) is 0 Å². The lowest BCUT2D eigenvalue weighted by atomic mass is 9.78. The van der Waals surface area contributed by atoms with E-state index in [1.807, 2.05) is 72.1 Å². The van der Waals surface area contributed by atoms with Gasteiger partial charge < -0.3 is 35.2 Å². The fourth-order valence-electron chi connectivity index (χ4n) is 4.98. The highest BCUT2D eigenvalue weighted by Gasteiger charge is 2.57. The Labute approximate surface area is 269 Å². The van der Waals surface area contributed by atoms with E-state index in [1.165, 1.54) is 6.42 Å². The molecule has 2 aromatic rings. The van der Waals surface area contributed by atoms with Crippen LogP contribution in [0.15, 0.2) is 48.5 Å². The van der Waals surface area contributed by atoms with E-state index in [4.69, 9.17) is 44.3 Å². The van der Waals surface area contributed by atoms with Gasteiger partial charge in [-0.15, -0.1) is 29.4 Å². The standard InChI is InChI=1S/C27H32N2O2S2.2C2H2O4/c1-28-16-18-29(19-17-28)15-8-2-7-14-26(32-20-9-21-33-26)27(30)22-10-3-5-12-24(22)31-25-13-6-4-11-23(25)27;2*3-1(4)2(5)6/h3-6,10-13,30H,7,9,14-21H2,1H3;2*(H,3,4)(H,5,6). The molecule has 3 aliphatic heterocycles. The number of aliphatic carboxylic acids is 4. The first-order chi connectivity index (χ1) is 21.4. The van der Waals surface area contributed by atoms with E-state index in [2.05, 4.69) is 28.7 Å². The van der Waals surface area contributed by atoms with Crippen molar-refractivity contribution in [3.8, 4) is 23.3 Å². The minimum atomic E-state index is -1.82. The minimum Gasteiger partial charge on any atom is -0.473 e. The quantitative estimate of drug-likeness (QED) is 0.238. The molecule has 2 aromatic carbocycles. The summed E-state index contributed by atoms with van der Waals surface area (Å²) >= 11 is 3.81. The summed E-state index contributed by atoms with van der Waals surface area (Å²) in [5.41, 5.74) is 0.611. The van der Waals surface area contributed by atoms with Crippen LogP contribution < -0.4 is 4.74 Å². The van der Waals surface area contributed by atoms with Crippen molar-refractivity contribution in [2.24, 2.45) is 0 Å². The summed E-state index contributed by atoms with van der Waals surface area (Å²) in [7, 11) is 2.18. The van der Waals surface area contributed by atoms with Crippen LogP contribution in [0.25, 0.3) is 0 Å². The number of para-hydroxylation sites is 2. The molecule has 0 unspecified atom stereocenters. The lowest BCUT2D eigenvalue weighted by Crippen LogP contribution is -2.51. The lowest BCUT2D eigenvalue weighted by Gasteiger charge is -2.50. The summed E-state index contributed by atoms with van der Waals surface area (Å²) in [6.07, 6.45) is 2.78. The zero-order valence-electron chi connectivity index (χ0n) is 24.7. The van der Waals surface area contributed by atoms with Crippen LogP contribution in [-0.4, -0.2) is 115 Å². The van der Waals surface area contributed by atoms with Gasteiger partial charge in [0.1, 0.15) is 17.1 Å². The van der Waals surface area contributed by atoms with Crippen molar-refractivity contribution in [3.63, 3.8) is 0 Å². The number of carboxylic acids is 4. The molecule has 2 fully saturated rings. The van der Waals surface area contributed by atoms with Crippen LogP contribution in [0.2, 0.25) is 0 Å². The third-order valence-electron chi connectivity index (χ3n) is 7.25. The van der Waals surface area contributed by atoms with Crippen LogP contribution in [0.3, 0.4) is 0 Å². The molecule has 3 aliphatic rings. The normalized spacial score (nSPS) is 17.9.